The maximum Gasteiger partial charge on any atom is 0.126 e. The van der Waals surface area contributed by atoms with Gasteiger partial charge in [-0.3, -0.25) is 0 Å². The third kappa shape index (κ3) is 3.14. The van der Waals surface area contributed by atoms with Crippen LogP contribution in [-0.4, -0.2) is 13.7 Å². The first-order valence-corrected chi connectivity index (χ1v) is 6.48. The average Bonchev–Trinajstić information content (AvgIpc) is 2.43. The summed E-state index contributed by atoms with van der Waals surface area (Å²) in [4.78, 5) is 0. The summed E-state index contributed by atoms with van der Waals surface area (Å²) in [5.41, 5.74) is 1.38. The van der Waals surface area contributed by atoms with E-state index in [0.29, 0.717) is 17.9 Å². The van der Waals surface area contributed by atoms with E-state index in [1.54, 1.807) is 7.11 Å². The molecular formula is C16H17F2NO. The average molecular weight is 277 g/mol. The van der Waals surface area contributed by atoms with Gasteiger partial charge in [-0.05, 0) is 30.3 Å². The third-order valence-corrected chi connectivity index (χ3v) is 3.08. The molecule has 20 heavy (non-hydrogen) atoms. The Bertz CT molecular complexity index is 566. The van der Waals surface area contributed by atoms with Gasteiger partial charge in [-0.1, -0.05) is 25.1 Å². The first-order chi connectivity index (χ1) is 9.65. The van der Waals surface area contributed by atoms with Crippen molar-refractivity contribution >= 4 is 0 Å². The number of ether oxygens (including phenoxy) is 1. The SMILES string of the molecule is CCNC(c1cc(F)cc(F)c1)c1ccccc1OC. The van der Waals surface area contributed by atoms with Crippen molar-refractivity contribution in [3.05, 3.63) is 65.2 Å². The second-order valence-electron chi connectivity index (χ2n) is 4.44. The summed E-state index contributed by atoms with van der Waals surface area (Å²) in [7, 11) is 1.58. The third-order valence-electron chi connectivity index (χ3n) is 3.08. The van der Waals surface area contributed by atoms with E-state index < -0.39 is 11.6 Å². The second-order valence-corrected chi connectivity index (χ2v) is 4.44. The molecule has 0 fully saturated rings. The summed E-state index contributed by atoms with van der Waals surface area (Å²) in [5.74, 6) is -0.487. The number of rotatable bonds is 5. The summed E-state index contributed by atoms with van der Waals surface area (Å²) in [6.45, 7) is 2.61. The zero-order valence-corrected chi connectivity index (χ0v) is 11.5. The molecule has 0 amide bonds. The summed E-state index contributed by atoms with van der Waals surface area (Å²) >= 11 is 0. The molecule has 0 bridgehead atoms. The summed E-state index contributed by atoms with van der Waals surface area (Å²) < 4.78 is 32.2. The lowest BCUT2D eigenvalue weighted by Crippen LogP contribution is -2.22. The molecule has 106 valence electrons. The van der Waals surface area contributed by atoms with Gasteiger partial charge in [0.05, 0.1) is 13.2 Å². The van der Waals surface area contributed by atoms with Crippen molar-refractivity contribution in [2.24, 2.45) is 0 Å². The van der Waals surface area contributed by atoms with Crippen molar-refractivity contribution in [3.63, 3.8) is 0 Å². The van der Waals surface area contributed by atoms with E-state index in [4.69, 9.17) is 4.74 Å². The van der Waals surface area contributed by atoms with Crippen LogP contribution in [0.2, 0.25) is 0 Å². The molecule has 0 aliphatic rings. The maximum absolute atomic E-state index is 13.4. The van der Waals surface area contributed by atoms with Crippen LogP contribution >= 0.6 is 0 Å². The highest BCUT2D eigenvalue weighted by molar-refractivity contribution is 5.41. The molecule has 1 atom stereocenters. The van der Waals surface area contributed by atoms with Crippen molar-refractivity contribution in [1.82, 2.24) is 5.32 Å². The summed E-state index contributed by atoms with van der Waals surface area (Å²) in [6.07, 6.45) is 0. The minimum atomic E-state index is -0.585. The molecule has 2 aromatic carbocycles. The zero-order valence-electron chi connectivity index (χ0n) is 11.5. The number of hydrogen-bond acceptors (Lipinski definition) is 2. The molecule has 0 heterocycles. The van der Waals surface area contributed by atoms with E-state index in [0.717, 1.165) is 11.6 Å². The summed E-state index contributed by atoms with van der Waals surface area (Å²) in [6, 6.07) is 10.7. The van der Waals surface area contributed by atoms with E-state index in [1.807, 2.05) is 31.2 Å². The molecule has 0 saturated heterocycles. The Kier molecular flexibility index (Phi) is 4.69. The Labute approximate surface area is 117 Å². The molecule has 2 rings (SSSR count). The monoisotopic (exact) mass is 277 g/mol. The molecule has 0 spiro atoms. The highest BCUT2D eigenvalue weighted by Crippen LogP contribution is 2.30. The lowest BCUT2D eigenvalue weighted by atomic mass is 9.97. The Balaban J connectivity index is 2.50. The maximum atomic E-state index is 13.4. The van der Waals surface area contributed by atoms with Crippen molar-refractivity contribution in [3.8, 4) is 5.75 Å². The van der Waals surface area contributed by atoms with Crippen LogP contribution in [0.1, 0.15) is 24.1 Å². The van der Waals surface area contributed by atoms with Crippen LogP contribution in [0.25, 0.3) is 0 Å². The van der Waals surface area contributed by atoms with Gasteiger partial charge in [0.2, 0.25) is 0 Å². The van der Waals surface area contributed by atoms with Crippen molar-refractivity contribution in [2.45, 2.75) is 13.0 Å². The van der Waals surface area contributed by atoms with Crippen LogP contribution in [0.5, 0.6) is 5.75 Å². The van der Waals surface area contributed by atoms with E-state index >= 15 is 0 Å². The van der Waals surface area contributed by atoms with Gasteiger partial charge in [-0.25, -0.2) is 8.78 Å². The van der Waals surface area contributed by atoms with Crippen LogP contribution < -0.4 is 10.1 Å². The van der Waals surface area contributed by atoms with Gasteiger partial charge in [0.15, 0.2) is 0 Å². The molecule has 2 aromatic rings. The predicted octanol–water partition coefficient (Wildman–Crippen LogP) is 3.67. The molecule has 0 aliphatic heterocycles. The number of halogens is 2. The fraction of sp³-hybridized carbons (Fsp3) is 0.250. The van der Waals surface area contributed by atoms with Crippen LogP contribution in [0.3, 0.4) is 0 Å². The van der Waals surface area contributed by atoms with Gasteiger partial charge in [0.1, 0.15) is 17.4 Å². The summed E-state index contributed by atoms with van der Waals surface area (Å²) in [5, 5.41) is 3.23. The molecule has 0 radical (unpaired) electrons. The molecule has 4 heteroatoms. The lowest BCUT2D eigenvalue weighted by molar-refractivity contribution is 0.404. The number of para-hydroxylation sites is 1. The fourth-order valence-corrected chi connectivity index (χ4v) is 2.26. The topological polar surface area (TPSA) is 21.3 Å². The molecule has 2 nitrogen and oxygen atoms in total. The highest BCUT2D eigenvalue weighted by Gasteiger charge is 2.18. The van der Waals surface area contributed by atoms with Gasteiger partial charge < -0.3 is 10.1 Å². The standard InChI is InChI=1S/C16H17F2NO/c1-3-19-16(11-8-12(17)10-13(18)9-11)14-6-4-5-7-15(14)20-2/h4-10,16,19H,3H2,1-2H3. The smallest absolute Gasteiger partial charge is 0.126 e. The minimum absolute atomic E-state index is 0.318. The number of benzene rings is 2. The predicted molar refractivity (Wildman–Crippen MR) is 74.9 cm³/mol. The Morgan fingerprint density at radius 1 is 1.10 bits per heavy atom. The minimum Gasteiger partial charge on any atom is -0.496 e. The van der Waals surface area contributed by atoms with E-state index in [-0.39, 0.29) is 6.04 Å². The number of methoxy groups -OCH3 is 1. The van der Waals surface area contributed by atoms with Crippen molar-refractivity contribution in [1.29, 1.82) is 0 Å². The molecule has 0 aliphatic carbocycles. The largest absolute Gasteiger partial charge is 0.496 e. The van der Waals surface area contributed by atoms with Gasteiger partial charge in [0.25, 0.3) is 0 Å². The molecule has 1 unspecified atom stereocenters. The van der Waals surface area contributed by atoms with Crippen molar-refractivity contribution < 1.29 is 13.5 Å². The van der Waals surface area contributed by atoms with Crippen LogP contribution in [-0.2, 0) is 0 Å². The molecule has 0 aromatic heterocycles. The molecule has 1 N–H and O–H groups in total. The Hall–Kier alpha value is -1.94. The number of hydrogen-bond donors (Lipinski definition) is 1. The first-order valence-electron chi connectivity index (χ1n) is 6.48. The Morgan fingerprint density at radius 2 is 1.75 bits per heavy atom. The van der Waals surface area contributed by atoms with E-state index in [1.165, 1.54) is 12.1 Å². The zero-order chi connectivity index (χ0) is 14.5. The van der Waals surface area contributed by atoms with Crippen LogP contribution in [0.15, 0.2) is 42.5 Å². The van der Waals surface area contributed by atoms with Crippen LogP contribution in [0.4, 0.5) is 8.78 Å². The second kappa shape index (κ2) is 6.48. The van der Waals surface area contributed by atoms with E-state index in [2.05, 4.69) is 5.32 Å². The van der Waals surface area contributed by atoms with E-state index in [9.17, 15) is 8.78 Å². The normalized spacial score (nSPS) is 12.2. The first kappa shape index (κ1) is 14.5. The fourth-order valence-electron chi connectivity index (χ4n) is 2.26. The van der Waals surface area contributed by atoms with Gasteiger partial charge in [-0.2, -0.15) is 0 Å². The van der Waals surface area contributed by atoms with Gasteiger partial charge >= 0.3 is 0 Å². The van der Waals surface area contributed by atoms with Crippen molar-refractivity contribution in [2.75, 3.05) is 13.7 Å². The lowest BCUT2D eigenvalue weighted by Gasteiger charge is -2.21. The Morgan fingerprint density at radius 3 is 2.35 bits per heavy atom. The van der Waals surface area contributed by atoms with Gasteiger partial charge in [0, 0.05) is 11.6 Å². The molecular weight excluding hydrogens is 260 g/mol. The van der Waals surface area contributed by atoms with Crippen LogP contribution in [0, 0.1) is 11.6 Å². The molecule has 0 saturated carbocycles. The quantitative estimate of drug-likeness (QED) is 0.900. The highest BCUT2D eigenvalue weighted by atomic mass is 19.1. The van der Waals surface area contributed by atoms with Gasteiger partial charge in [-0.15, -0.1) is 0 Å². The number of nitrogens with one attached hydrogen (secondary N) is 1.